The first-order valence-corrected chi connectivity index (χ1v) is 9.03. The summed E-state index contributed by atoms with van der Waals surface area (Å²) in [6, 6.07) is 5.95. The minimum Gasteiger partial charge on any atom is -0.383 e. The van der Waals surface area contributed by atoms with Crippen LogP contribution in [0.1, 0.15) is 6.42 Å². The van der Waals surface area contributed by atoms with Crippen LogP contribution in [0.15, 0.2) is 29.2 Å². The number of hydrogen-bond donors (Lipinski definition) is 3. The summed E-state index contributed by atoms with van der Waals surface area (Å²) in [7, 11) is -2.04. The summed E-state index contributed by atoms with van der Waals surface area (Å²) in [5.74, 6) is -0.215. The van der Waals surface area contributed by atoms with Crippen LogP contribution in [0.25, 0.3) is 0 Å². The van der Waals surface area contributed by atoms with Gasteiger partial charge in [-0.15, -0.1) is 0 Å². The number of methoxy groups -OCH3 is 1. The molecule has 0 saturated carbocycles. The molecule has 0 saturated heterocycles. The highest BCUT2D eigenvalue weighted by atomic mass is 35.5. The van der Waals surface area contributed by atoms with Crippen molar-refractivity contribution in [1.82, 2.24) is 15.4 Å². The average Bonchev–Trinajstić information content (AvgIpc) is 2.50. The lowest BCUT2D eigenvalue weighted by Crippen LogP contribution is -2.35. The van der Waals surface area contributed by atoms with Gasteiger partial charge in [0.1, 0.15) is 0 Å². The van der Waals surface area contributed by atoms with Gasteiger partial charge in [-0.25, -0.2) is 13.1 Å². The lowest BCUT2D eigenvalue weighted by molar-refractivity contribution is -0.120. The topological polar surface area (TPSA) is 96.5 Å². The maximum absolute atomic E-state index is 12.0. The Labute approximate surface area is 141 Å². The first-order valence-electron chi connectivity index (χ1n) is 7.17. The summed E-state index contributed by atoms with van der Waals surface area (Å²) < 4.78 is 31.3. The number of amides is 1. The summed E-state index contributed by atoms with van der Waals surface area (Å²) in [4.78, 5) is 11.7. The van der Waals surface area contributed by atoms with E-state index in [2.05, 4.69) is 15.4 Å². The Morgan fingerprint density at radius 2 is 2.00 bits per heavy atom. The van der Waals surface area contributed by atoms with Crippen LogP contribution in [-0.2, 0) is 19.6 Å². The van der Waals surface area contributed by atoms with E-state index in [9.17, 15) is 13.2 Å². The Morgan fingerprint density at radius 3 is 2.70 bits per heavy atom. The van der Waals surface area contributed by atoms with Crippen molar-refractivity contribution < 1.29 is 17.9 Å². The number of nitrogens with one attached hydrogen (secondary N) is 3. The van der Waals surface area contributed by atoms with Crippen LogP contribution in [0.3, 0.4) is 0 Å². The molecule has 1 amide bonds. The van der Waals surface area contributed by atoms with Gasteiger partial charge in [0.15, 0.2) is 0 Å². The Balaban J connectivity index is 2.24. The number of carbonyl (C=O) groups is 1. The summed E-state index contributed by atoms with van der Waals surface area (Å²) in [5, 5.41) is 6.12. The molecule has 0 aliphatic carbocycles. The van der Waals surface area contributed by atoms with Gasteiger partial charge in [0.25, 0.3) is 0 Å². The van der Waals surface area contributed by atoms with Crippen molar-refractivity contribution in [2.24, 2.45) is 0 Å². The van der Waals surface area contributed by atoms with E-state index in [1.165, 1.54) is 12.1 Å². The summed E-state index contributed by atoms with van der Waals surface area (Å²) in [6.45, 7) is 2.45. The summed E-state index contributed by atoms with van der Waals surface area (Å²) in [5.41, 5.74) is 0. The predicted molar refractivity (Wildman–Crippen MR) is 89.0 cm³/mol. The van der Waals surface area contributed by atoms with E-state index in [1.54, 1.807) is 19.2 Å². The van der Waals surface area contributed by atoms with Gasteiger partial charge in [0.05, 0.1) is 11.5 Å². The molecule has 23 heavy (non-hydrogen) atoms. The van der Waals surface area contributed by atoms with Gasteiger partial charge >= 0.3 is 0 Å². The maximum atomic E-state index is 12.0. The van der Waals surface area contributed by atoms with Crippen molar-refractivity contribution in [3.63, 3.8) is 0 Å². The van der Waals surface area contributed by atoms with Crippen LogP contribution in [0.4, 0.5) is 0 Å². The molecule has 3 N–H and O–H groups in total. The standard InChI is InChI=1S/C14H22ClN3O4S/c1-22-10-9-16-7-8-17-14(19)5-6-18-23(20,21)13-4-2-3-12(15)11-13/h2-4,11,16,18H,5-10H2,1H3,(H,17,19). The quantitative estimate of drug-likeness (QED) is 0.493. The highest BCUT2D eigenvalue weighted by molar-refractivity contribution is 7.89. The van der Waals surface area contributed by atoms with Crippen LogP contribution in [0.2, 0.25) is 5.02 Å². The Morgan fingerprint density at radius 1 is 1.22 bits per heavy atom. The minimum absolute atomic E-state index is 0.0256. The number of carbonyl (C=O) groups excluding carboxylic acids is 1. The molecule has 0 aliphatic rings. The molecule has 1 aromatic carbocycles. The van der Waals surface area contributed by atoms with Crippen molar-refractivity contribution in [2.75, 3.05) is 39.9 Å². The zero-order chi connectivity index (χ0) is 17.1. The fraction of sp³-hybridized carbons (Fsp3) is 0.500. The van der Waals surface area contributed by atoms with E-state index in [4.69, 9.17) is 16.3 Å². The molecule has 1 rings (SSSR count). The summed E-state index contributed by atoms with van der Waals surface area (Å²) >= 11 is 5.77. The van der Waals surface area contributed by atoms with E-state index in [0.29, 0.717) is 31.3 Å². The van der Waals surface area contributed by atoms with Crippen molar-refractivity contribution in [3.05, 3.63) is 29.3 Å². The molecular formula is C14H22ClN3O4S. The molecular weight excluding hydrogens is 342 g/mol. The maximum Gasteiger partial charge on any atom is 0.240 e. The largest absolute Gasteiger partial charge is 0.383 e. The van der Waals surface area contributed by atoms with Crippen LogP contribution < -0.4 is 15.4 Å². The van der Waals surface area contributed by atoms with Gasteiger partial charge in [-0.1, -0.05) is 17.7 Å². The Kier molecular flexibility index (Phi) is 9.12. The molecule has 7 nitrogen and oxygen atoms in total. The molecule has 0 fully saturated rings. The molecule has 0 bridgehead atoms. The predicted octanol–water partition coefficient (Wildman–Crippen LogP) is 0.361. The highest BCUT2D eigenvalue weighted by Crippen LogP contribution is 2.14. The van der Waals surface area contributed by atoms with E-state index in [1.807, 2.05) is 0 Å². The molecule has 0 aliphatic heterocycles. The second-order valence-corrected chi connectivity index (χ2v) is 6.90. The van der Waals surface area contributed by atoms with Gasteiger partial charge in [0.2, 0.25) is 15.9 Å². The zero-order valence-electron chi connectivity index (χ0n) is 13.0. The lowest BCUT2D eigenvalue weighted by Gasteiger charge is -2.08. The number of halogens is 1. The summed E-state index contributed by atoms with van der Waals surface area (Å²) in [6.07, 6.45) is 0.0673. The van der Waals surface area contributed by atoms with E-state index in [0.717, 1.165) is 0 Å². The van der Waals surface area contributed by atoms with Crippen molar-refractivity contribution >= 4 is 27.5 Å². The van der Waals surface area contributed by atoms with E-state index in [-0.39, 0.29) is 23.8 Å². The lowest BCUT2D eigenvalue weighted by atomic mass is 10.4. The molecule has 130 valence electrons. The zero-order valence-corrected chi connectivity index (χ0v) is 14.5. The number of ether oxygens (including phenoxy) is 1. The van der Waals surface area contributed by atoms with Crippen molar-refractivity contribution in [2.45, 2.75) is 11.3 Å². The minimum atomic E-state index is -3.65. The fourth-order valence-electron chi connectivity index (χ4n) is 1.69. The number of rotatable bonds is 11. The van der Waals surface area contributed by atoms with Gasteiger partial charge in [-0.2, -0.15) is 0 Å². The molecule has 0 aromatic heterocycles. The molecule has 0 radical (unpaired) electrons. The van der Waals surface area contributed by atoms with Gasteiger partial charge < -0.3 is 15.4 Å². The third kappa shape index (κ3) is 8.29. The fourth-order valence-corrected chi connectivity index (χ4v) is 3.03. The molecule has 0 unspecified atom stereocenters. The van der Waals surface area contributed by atoms with Crippen LogP contribution >= 0.6 is 11.6 Å². The number of benzene rings is 1. The molecule has 0 heterocycles. The van der Waals surface area contributed by atoms with E-state index < -0.39 is 10.0 Å². The second-order valence-electron chi connectivity index (χ2n) is 4.70. The van der Waals surface area contributed by atoms with Gasteiger partial charge in [-0.05, 0) is 18.2 Å². The monoisotopic (exact) mass is 363 g/mol. The van der Waals surface area contributed by atoms with Crippen LogP contribution in [-0.4, -0.2) is 54.2 Å². The van der Waals surface area contributed by atoms with Gasteiger partial charge in [-0.3, -0.25) is 4.79 Å². The molecule has 1 aromatic rings. The van der Waals surface area contributed by atoms with Crippen LogP contribution in [0.5, 0.6) is 0 Å². The highest BCUT2D eigenvalue weighted by Gasteiger charge is 2.14. The molecule has 0 atom stereocenters. The second kappa shape index (κ2) is 10.6. The first kappa shape index (κ1) is 19.9. The SMILES string of the molecule is COCCNCCNC(=O)CCNS(=O)(=O)c1cccc(Cl)c1. The molecule has 9 heteroatoms. The third-order valence-electron chi connectivity index (χ3n) is 2.86. The Hall–Kier alpha value is -1.19. The van der Waals surface area contributed by atoms with Gasteiger partial charge in [0, 0.05) is 44.7 Å². The number of hydrogen-bond acceptors (Lipinski definition) is 5. The number of sulfonamides is 1. The van der Waals surface area contributed by atoms with Crippen molar-refractivity contribution in [3.8, 4) is 0 Å². The van der Waals surface area contributed by atoms with Crippen molar-refractivity contribution in [1.29, 1.82) is 0 Å². The van der Waals surface area contributed by atoms with Crippen LogP contribution in [0, 0.1) is 0 Å². The smallest absolute Gasteiger partial charge is 0.240 e. The van der Waals surface area contributed by atoms with E-state index >= 15 is 0 Å². The molecule has 0 spiro atoms. The normalized spacial score (nSPS) is 11.4. The third-order valence-corrected chi connectivity index (χ3v) is 4.55. The first-order chi connectivity index (χ1) is 11.0. The Bertz CT molecular complexity index is 595. The average molecular weight is 364 g/mol.